The van der Waals surface area contributed by atoms with Gasteiger partial charge in [-0.25, -0.2) is 9.59 Å². The highest BCUT2D eigenvalue weighted by molar-refractivity contribution is 14.1. The maximum absolute atomic E-state index is 13.2. The van der Waals surface area contributed by atoms with Crippen LogP contribution in [0.15, 0.2) is 24.3 Å². The lowest BCUT2D eigenvalue weighted by Crippen LogP contribution is -2.34. The number of alkyl halides is 2. The van der Waals surface area contributed by atoms with Crippen molar-refractivity contribution in [2.24, 2.45) is 0 Å². The third-order valence-electron chi connectivity index (χ3n) is 2.52. The van der Waals surface area contributed by atoms with Gasteiger partial charge in [-0.05, 0) is 64.2 Å². The molecule has 1 aromatic rings. The van der Waals surface area contributed by atoms with Gasteiger partial charge in [0, 0.05) is 9.14 Å². The van der Waals surface area contributed by atoms with Crippen molar-refractivity contribution in [1.82, 2.24) is 0 Å². The monoisotopic (exact) mass is 602 g/mol. The molecule has 138 valence electrons. The Bertz CT molecular complexity index is 837. The Morgan fingerprint density at radius 3 is 2.36 bits per heavy atom. The Morgan fingerprint density at radius 1 is 1.32 bits per heavy atom. The van der Waals surface area contributed by atoms with Crippen molar-refractivity contribution in [3.05, 3.63) is 37.0 Å². The fraction of sp³-hybridized carbons (Fsp3) is 0.231. The molecule has 0 saturated carbocycles. The van der Waals surface area contributed by atoms with Crippen LogP contribution in [-0.2, 0) is 19.6 Å². The van der Waals surface area contributed by atoms with Crippen molar-refractivity contribution in [3.63, 3.8) is 0 Å². The minimum atomic E-state index is -5.75. The predicted octanol–water partition coefficient (Wildman–Crippen LogP) is 3.01. The lowest BCUT2D eigenvalue weighted by Gasteiger charge is -2.15. The highest BCUT2D eigenvalue weighted by atomic mass is 127. The second-order valence-electron chi connectivity index (χ2n) is 4.62. The summed E-state index contributed by atoms with van der Waals surface area (Å²) in [6.07, 6.45) is 0. The third kappa shape index (κ3) is 5.82. The smallest absolute Gasteiger partial charge is 0.402 e. The maximum Gasteiger partial charge on any atom is 0.402 e. The lowest BCUT2D eigenvalue weighted by molar-refractivity contribution is -0.130. The zero-order valence-corrected chi connectivity index (χ0v) is 17.5. The zero-order valence-electron chi connectivity index (χ0n) is 12.4. The summed E-state index contributed by atoms with van der Waals surface area (Å²) in [5.41, 5.74) is -0.330. The first-order valence-electron chi connectivity index (χ1n) is 6.15. The zero-order chi connectivity index (χ0) is 19.6. The molecule has 1 N–H and O–H groups in total. The molecule has 1 aromatic carbocycles. The van der Waals surface area contributed by atoms with Crippen molar-refractivity contribution < 1.29 is 40.8 Å². The normalized spacial score (nSPS) is 11.8. The minimum Gasteiger partial charge on any atom is -0.454 e. The Hall–Kier alpha value is -0.870. The van der Waals surface area contributed by atoms with E-state index in [1.807, 2.05) is 22.6 Å². The van der Waals surface area contributed by atoms with Gasteiger partial charge in [0.15, 0.2) is 12.4 Å². The van der Waals surface area contributed by atoms with Gasteiger partial charge in [0.05, 0.1) is 3.57 Å². The van der Waals surface area contributed by atoms with Gasteiger partial charge in [-0.3, -0.25) is 4.55 Å². The van der Waals surface area contributed by atoms with Crippen LogP contribution < -0.4 is 4.74 Å². The van der Waals surface area contributed by atoms with E-state index in [1.165, 1.54) is 13.0 Å². The van der Waals surface area contributed by atoms with E-state index in [-0.39, 0.29) is 16.9 Å². The largest absolute Gasteiger partial charge is 0.454 e. The molecule has 12 heteroatoms. The Labute approximate surface area is 168 Å². The maximum atomic E-state index is 13.2. The lowest BCUT2D eigenvalue weighted by atomic mass is 10.2. The average molecular weight is 602 g/mol. The van der Waals surface area contributed by atoms with Gasteiger partial charge in [0.25, 0.3) is 0 Å². The summed E-state index contributed by atoms with van der Waals surface area (Å²) in [6.45, 7) is 2.85. The van der Waals surface area contributed by atoms with Crippen LogP contribution in [-0.4, -0.2) is 36.8 Å². The van der Waals surface area contributed by atoms with Gasteiger partial charge in [0.2, 0.25) is 0 Å². The van der Waals surface area contributed by atoms with Crippen LogP contribution in [0, 0.1) is 7.14 Å². The summed E-state index contributed by atoms with van der Waals surface area (Å²) in [6, 6.07) is 2.75. The van der Waals surface area contributed by atoms with Crippen LogP contribution in [0.2, 0.25) is 0 Å². The molecule has 0 saturated heterocycles. The number of ether oxygens (including phenoxy) is 2. The van der Waals surface area contributed by atoms with E-state index in [0.29, 0.717) is 7.14 Å². The van der Waals surface area contributed by atoms with Crippen LogP contribution in [0.4, 0.5) is 8.78 Å². The molecule has 0 spiro atoms. The summed E-state index contributed by atoms with van der Waals surface area (Å²) < 4.78 is 65.9. The van der Waals surface area contributed by atoms with Gasteiger partial charge in [-0.1, -0.05) is 6.58 Å². The molecule has 0 amide bonds. The summed E-state index contributed by atoms with van der Waals surface area (Å²) in [4.78, 5) is 23.7. The van der Waals surface area contributed by atoms with E-state index in [2.05, 4.69) is 11.3 Å². The molecule has 7 nitrogen and oxygen atoms in total. The first kappa shape index (κ1) is 22.2. The summed E-state index contributed by atoms with van der Waals surface area (Å²) >= 11 is 3.59. The molecule has 0 atom stereocenters. The molecule has 0 aliphatic heterocycles. The average Bonchev–Trinajstić information content (AvgIpc) is 2.45. The topological polar surface area (TPSA) is 107 Å². The van der Waals surface area contributed by atoms with Gasteiger partial charge < -0.3 is 9.47 Å². The van der Waals surface area contributed by atoms with Crippen molar-refractivity contribution in [1.29, 1.82) is 0 Å². The summed E-state index contributed by atoms with van der Waals surface area (Å²) in [7, 11) is -5.75. The molecule has 0 bridgehead atoms. The van der Waals surface area contributed by atoms with Gasteiger partial charge in [0.1, 0.15) is 5.56 Å². The Balaban J connectivity index is 3.17. The summed E-state index contributed by atoms with van der Waals surface area (Å²) in [5.74, 6) is -2.45. The van der Waals surface area contributed by atoms with E-state index in [0.717, 1.165) is 0 Å². The van der Waals surface area contributed by atoms with E-state index in [1.54, 1.807) is 28.7 Å². The minimum absolute atomic E-state index is 0.0339. The molecule has 25 heavy (non-hydrogen) atoms. The fourth-order valence-electron chi connectivity index (χ4n) is 1.30. The van der Waals surface area contributed by atoms with Crippen molar-refractivity contribution in [3.8, 4) is 5.75 Å². The van der Waals surface area contributed by atoms with Crippen molar-refractivity contribution in [2.45, 2.75) is 12.2 Å². The second kappa shape index (κ2) is 8.22. The Kier molecular flexibility index (Phi) is 7.29. The molecule has 1 rings (SSSR count). The van der Waals surface area contributed by atoms with Crippen LogP contribution >= 0.6 is 45.2 Å². The SMILES string of the molecule is C=C(C)C(=O)Oc1c(I)cc(I)cc1C(=O)OCC(F)(F)S(=O)(=O)O. The summed E-state index contributed by atoms with van der Waals surface area (Å²) in [5, 5.41) is -4.67. The molecule has 0 fully saturated rings. The standard InChI is InChI=1S/C13H10F2I2O7S/c1-6(2)11(18)24-10-8(3-7(16)4-9(10)17)12(19)23-5-13(14,15)25(20,21)22/h3-4H,1,5H2,2H3,(H,20,21,22). The van der Waals surface area contributed by atoms with Crippen LogP contribution in [0.25, 0.3) is 0 Å². The second-order valence-corrected chi connectivity index (χ2v) is 8.58. The molecule has 0 aromatic heterocycles. The van der Waals surface area contributed by atoms with Gasteiger partial charge in [-0.15, -0.1) is 0 Å². The van der Waals surface area contributed by atoms with Crippen LogP contribution in [0.1, 0.15) is 17.3 Å². The van der Waals surface area contributed by atoms with Gasteiger partial charge >= 0.3 is 27.3 Å². The molecular weight excluding hydrogens is 592 g/mol. The highest BCUT2D eigenvalue weighted by Gasteiger charge is 2.45. The molecule has 0 unspecified atom stereocenters. The third-order valence-corrected chi connectivity index (χ3v) is 4.82. The van der Waals surface area contributed by atoms with Gasteiger partial charge in [-0.2, -0.15) is 17.2 Å². The number of benzene rings is 1. The molecular formula is C13H10F2I2O7S. The van der Waals surface area contributed by atoms with Crippen LogP contribution in [0.3, 0.4) is 0 Å². The number of carbonyl (C=O) groups excluding carboxylic acids is 2. The first-order chi connectivity index (χ1) is 11.3. The van der Waals surface area contributed by atoms with Crippen molar-refractivity contribution in [2.75, 3.05) is 6.61 Å². The quantitative estimate of drug-likeness (QED) is 0.176. The van der Waals surface area contributed by atoms with Crippen molar-refractivity contribution >= 4 is 67.2 Å². The predicted molar refractivity (Wildman–Crippen MR) is 99.1 cm³/mol. The fourth-order valence-corrected chi connectivity index (χ4v) is 3.46. The van der Waals surface area contributed by atoms with Crippen LogP contribution in [0.5, 0.6) is 5.75 Å². The van der Waals surface area contributed by atoms with E-state index >= 15 is 0 Å². The number of rotatable bonds is 6. The number of hydrogen-bond acceptors (Lipinski definition) is 6. The highest BCUT2D eigenvalue weighted by Crippen LogP contribution is 2.30. The van der Waals surface area contributed by atoms with E-state index in [9.17, 15) is 26.8 Å². The molecule has 0 heterocycles. The first-order valence-corrected chi connectivity index (χ1v) is 9.74. The van der Waals surface area contributed by atoms with E-state index < -0.39 is 33.9 Å². The number of halogens is 4. The Morgan fingerprint density at radius 2 is 1.88 bits per heavy atom. The number of carbonyl (C=O) groups is 2. The molecule has 0 aliphatic rings. The van der Waals surface area contributed by atoms with E-state index in [4.69, 9.17) is 9.29 Å². The molecule has 0 aliphatic carbocycles. The number of esters is 2. The number of hydrogen-bond donors (Lipinski definition) is 1. The molecule has 0 radical (unpaired) electrons.